The highest BCUT2D eigenvalue weighted by molar-refractivity contribution is 7.50. The van der Waals surface area contributed by atoms with Gasteiger partial charge in [0.25, 0.3) is 0 Å². The van der Waals surface area contributed by atoms with Crippen molar-refractivity contribution in [2.45, 2.75) is 51.7 Å². The predicted molar refractivity (Wildman–Crippen MR) is 118 cm³/mol. The molecule has 1 N–H and O–H groups in total. The molecule has 31 heavy (non-hydrogen) atoms. The van der Waals surface area contributed by atoms with Crippen molar-refractivity contribution in [3.8, 4) is 11.5 Å². The summed E-state index contributed by atoms with van der Waals surface area (Å²) in [4.78, 5) is 12.1. The summed E-state index contributed by atoms with van der Waals surface area (Å²) in [5, 5.41) is 11.0. The second-order valence-corrected chi connectivity index (χ2v) is 10.7. The van der Waals surface area contributed by atoms with Gasteiger partial charge in [-0.05, 0) is 42.9 Å². The van der Waals surface area contributed by atoms with Crippen molar-refractivity contribution in [3.63, 3.8) is 0 Å². The van der Waals surface area contributed by atoms with Gasteiger partial charge in [-0.25, -0.2) is 0 Å². The minimum absolute atomic E-state index is 0.0823. The molecule has 168 valence electrons. The molecule has 0 saturated carbocycles. The van der Waals surface area contributed by atoms with Crippen LogP contribution in [0.5, 0.6) is 11.5 Å². The number of benzene rings is 2. The van der Waals surface area contributed by atoms with Gasteiger partial charge < -0.3 is 19.3 Å². The Kier molecular flexibility index (Phi) is 6.45. The molecule has 0 bridgehead atoms. The van der Waals surface area contributed by atoms with Gasteiger partial charge in [-0.2, -0.15) is 9.27 Å². The van der Waals surface area contributed by atoms with Gasteiger partial charge in [-0.1, -0.05) is 43.3 Å². The molecule has 0 aromatic heterocycles. The lowest BCUT2D eigenvalue weighted by atomic mass is 9.74. The molecule has 1 aliphatic heterocycles. The number of phenolic OH excluding ortho intramolecular Hbond substituents is 1. The monoisotopic (exact) mass is 445 g/mol. The van der Waals surface area contributed by atoms with Crippen LogP contribution in [0, 0.1) is 5.92 Å². The fourth-order valence-corrected chi connectivity index (χ4v) is 6.32. The molecule has 4 atom stereocenters. The van der Waals surface area contributed by atoms with Gasteiger partial charge in [-0.15, -0.1) is 0 Å². The lowest BCUT2D eigenvalue weighted by Crippen LogP contribution is -2.63. The zero-order valence-electron chi connectivity index (χ0n) is 18.3. The van der Waals surface area contributed by atoms with Gasteiger partial charge in [0.2, 0.25) is 0 Å². The fraction of sp³-hybridized carbons (Fsp3) is 0.500. The van der Waals surface area contributed by atoms with E-state index in [1.165, 1.54) is 6.66 Å². The Bertz CT molecular complexity index is 956. The summed E-state index contributed by atoms with van der Waals surface area (Å²) in [5.74, 6) is 0.992. The summed E-state index contributed by atoms with van der Waals surface area (Å²) in [6, 6.07) is 13.8. The van der Waals surface area contributed by atoms with Crippen molar-refractivity contribution < 1.29 is 28.6 Å². The zero-order valence-corrected chi connectivity index (χ0v) is 19.2. The van der Waals surface area contributed by atoms with Crippen LogP contribution >= 0.6 is 7.60 Å². The molecule has 2 aromatic carbocycles. The number of hydroxylamine groups is 3. The number of piperidine rings is 1. The highest BCUT2D eigenvalue weighted by Crippen LogP contribution is 2.48. The number of fused-ring (bicyclic) bond motifs is 2. The lowest BCUT2D eigenvalue weighted by molar-refractivity contribution is -1.11. The molecule has 4 rings (SSSR count). The van der Waals surface area contributed by atoms with E-state index in [2.05, 4.69) is 6.92 Å². The minimum atomic E-state index is -3.88. The van der Waals surface area contributed by atoms with E-state index < -0.39 is 7.60 Å². The number of rotatable bonds is 7. The average molecular weight is 445 g/mol. The highest BCUT2D eigenvalue weighted by Gasteiger charge is 2.50. The van der Waals surface area contributed by atoms with Crippen molar-refractivity contribution in [1.82, 2.24) is 0 Å². The van der Waals surface area contributed by atoms with Gasteiger partial charge in [0.05, 0.1) is 0 Å². The van der Waals surface area contributed by atoms with Crippen LogP contribution in [0.4, 0.5) is 0 Å². The normalized spacial score (nSPS) is 27.1. The van der Waals surface area contributed by atoms with E-state index >= 15 is 0 Å². The molecule has 0 spiro atoms. The summed E-state index contributed by atoms with van der Waals surface area (Å²) in [5.41, 5.74) is 3.05. The molecule has 1 aliphatic carbocycles. The summed E-state index contributed by atoms with van der Waals surface area (Å²) in [6.07, 6.45) is 4.20. The quantitative estimate of drug-likeness (QED) is 0.511. The maximum atomic E-state index is 12.1. The average Bonchev–Trinajstić information content (AvgIpc) is 2.73. The van der Waals surface area contributed by atoms with Gasteiger partial charge in [0.1, 0.15) is 25.7 Å². The van der Waals surface area contributed by atoms with E-state index in [1.54, 1.807) is 0 Å². The second-order valence-electron chi connectivity index (χ2n) is 8.95. The Balaban J connectivity index is 1.59. The molecule has 2 aliphatic rings. The largest absolute Gasteiger partial charge is 0.774 e. The van der Waals surface area contributed by atoms with Crippen LogP contribution in [-0.4, -0.2) is 35.5 Å². The van der Waals surface area contributed by atoms with E-state index in [9.17, 15) is 14.6 Å². The number of hydrogen-bond donors (Lipinski definition) is 1. The third-order valence-corrected chi connectivity index (χ3v) is 7.27. The molecule has 6 nitrogen and oxygen atoms in total. The molecule has 1 fully saturated rings. The first-order valence-corrected chi connectivity index (χ1v) is 13.2. The Morgan fingerprint density at radius 3 is 2.68 bits per heavy atom. The molecule has 1 saturated heterocycles. The molecule has 2 aromatic rings. The topological polar surface area (TPSA) is 78.8 Å². The van der Waals surface area contributed by atoms with E-state index in [0.29, 0.717) is 38.3 Å². The maximum Gasteiger partial charge on any atom is 0.196 e. The smallest absolute Gasteiger partial charge is 0.196 e. The standard InChI is InChI=1S/C24H32NO5P/c1-3-13-25(30-31(2,27)28)14-7-10-20-15-21-19(16-22(20)25)11-12-23(24(21)26)29-17-18-8-5-4-6-9-18/h4-6,8-9,11-12,20,22H,3,7,10,13-17H2,1-2H3,(H-,26,27,28)/t20-,22-,25+/m1/s1. The van der Waals surface area contributed by atoms with E-state index in [1.807, 2.05) is 42.5 Å². The molecule has 1 heterocycles. The number of nitrogens with zero attached hydrogens (tertiary/aromatic N) is 1. The number of quaternary nitrogens is 1. The molecule has 0 radical (unpaired) electrons. The predicted octanol–water partition coefficient (Wildman–Crippen LogP) is 4.19. The van der Waals surface area contributed by atoms with Crippen molar-refractivity contribution in [1.29, 1.82) is 0 Å². The van der Waals surface area contributed by atoms with Gasteiger partial charge in [0, 0.05) is 24.6 Å². The summed E-state index contributed by atoms with van der Waals surface area (Å²) in [7, 11) is -3.88. The molecular formula is C24H32NO5P. The molecular weight excluding hydrogens is 413 g/mol. The van der Waals surface area contributed by atoms with Crippen LogP contribution in [0.25, 0.3) is 0 Å². The van der Waals surface area contributed by atoms with Crippen LogP contribution < -0.4 is 9.63 Å². The Labute approximate surface area is 184 Å². The first-order valence-electron chi connectivity index (χ1n) is 11.2. The fourth-order valence-electron chi connectivity index (χ4n) is 5.44. The first kappa shape index (κ1) is 22.3. The van der Waals surface area contributed by atoms with Crippen molar-refractivity contribution in [2.75, 3.05) is 19.8 Å². The lowest BCUT2D eigenvalue weighted by Gasteiger charge is -2.51. The summed E-state index contributed by atoms with van der Waals surface area (Å²) >= 11 is 0. The molecule has 1 unspecified atom stereocenters. The van der Waals surface area contributed by atoms with Crippen LogP contribution in [0.3, 0.4) is 0 Å². The zero-order chi connectivity index (χ0) is 22.1. The number of ether oxygens (including phenoxy) is 1. The summed E-state index contributed by atoms with van der Waals surface area (Å²) in [6.45, 7) is 5.04. The van der Waals surface area contributed by atoms with Crippen molar-refractivity contribution in [3.05, 3.63) is 59.2 Å². The number of phenols is 1. The minimum Gasteiger partial charge on any atom is -0.774 e. The molecule has 7 heteroatoms. The number of hydrogen-bond acceptors (Lipinski definition) is 5. The van der Waals surface area contributed by atoms with Gasteiger partial charge in [0.15, 0.2) is 19.1 Å². The second kappa shape index (κ2) is 8.95. The van der Waals surface area contributed by atoms with Crippen LogP contribution in [0.15, 0.2) is 42.5 Å². The Morgan fingerprint density at radius 1 is 1.19 bits per heavy atom. The molecule has 0 amide bonds. The van der Waals surface area contributed by atoms with Gasteiger partial charge in [-0.3, -0.25) is 0 Å². The Morgan fingerprint density at radius 2 is 1.97 bits per heavy atom. The Hall–Kier alpha value is -1.85. The number of aromatic hydroxyl groups is 1. The van der Waals surface area contributed by atoms with E-state index in [0.717, 1.165) is 36.0 Å². The van der Waals surface area contributed by atoms with Crippen LogP contribution in [0.1, 0.15) is 42.9 Å². The van der Waals surface area contributed by atoms with E-state index in [4.69, 9.17) is 9.36 Å². The van der Waals surface area contributed by atoms with E-state index in [-0.39, 0.29) is 22.4 Å². The number of likely N-dealkylation sites (tertiary alicyclic amines) is 1. The summed E-state index contributed by atoms with van der Waals surface area (Å²) < 4.78 is 24.0. The van der Waals surface area contributed by atoms with Gasteiger partial charge >= 0.3 is 0 Å². The third kappa shape index (κ3) is 4.83. The maximum absolute atomic E-state index is 12.1. The van der Waals surface area contributed by atoms with Crippen LogP contribution in [-0.2, 0) is 28.6 Å². The third-order valence-electron chi connectivity index (χ3n) is 6.65. The van der Waals surface area contributed by atoms with Crippen molar-refractivity contribution in [2.24, 2.45) is 5.92 Å². The van der Waals surface area contributed by atoms with Crippen molar-refractivity contribution >= 4 is 7.60 Å². The SMILES string of the molecule is CCC[N@+]1(OP(C)(=O)[O-])CCC[C@@H]2Cc3c(ccc(OCc4ccccc4)c3O)C[C@H]21. The first-order chi connectivity index (χ1) is 14.8. The van der Waals surface area contributed by atoms with Crippen LogP contribution in [0.2, 0.25) is 0 Å². The highest BCUT2D eigenvalue weighted by atomic mass is 31.2.